The summed E-state index contributed by atoms with van der Waals surface area (Å²) in [6, 6.07) is 1.69. The Hall–Kier alpha value is -1.89. The summed E-state index contributed by atoms with van der Waals surface area (Å²) in [6.07, 6.45) is 9.52. The van der Waals surface area contributed by atoms with Gasteiger partial charge in [0.05, 0.1) is 5.69 Å². The Morgan fingerprint density at radius 2 is 2.35 bits per heavy atom. The monoisotopic (exact) mass is 233 g/mol. The van der Waals surface area contributed by atoms with E-state index in [9.17, 15) is 4.79 Å². The van der Waals surface area contributed by atoms with E-state index in [2.05, 4.69) is 11.2 Å². The maximum atomic E-state index is 11.8. The molecular weight excluding hydrogens is 214 g/mol. The Bertz CT molecular complexity index is 415. The molecule has 92 valence electrons. The molecule has 4 nitrogen and oxygen atoms in total. The number of anilines is 1. The molecule has 4 heteroatoms. The first-order valence-electron chi connectivity index (χ1n) is 5.86. The summed E-state index contributed by atoms with van der Waals surface area (Å²) in [5.41, 5.74) is 6.89. The topological polar surface area (TPSA) is 60.1 Å². The van der Waals surface area contributed by atoms with Crippen molar-refractivity contribution in [1.82, 2.24) is 9.88 Å². The van der Waals surface area contributed by atoms with Gasteiger partial charge < -0.3 is 15.6 Å². The minimum Gasteiger partial charge on any atom is -0.397 e. The number of nitrogens with two attached hydrogens (primary N) is 1. The quantitative estimate of drug-likeness (QED) is 0.579. The summed E-state index contributed by atoms with van der Waals surface area (Å²) in [6.45, 7) is 3.36. The van der Waals surface area contributed by atoms with Gasteiger partial charge in [-0.15, -0.1) is 12.3 Å². The van der Waals surface area contributed by atoms with Crippen molar-refractivity contribution in [2.75, 3.05) is 12.3 Å². The van der Waals surface area contributed by atoms with Crippen LogP contribution in [-0.4, -0.2) is 17.0 Å². The van der Waals surface area contributed by atoms with E-state index in [0.29, 0.717) is 17.9 Å². The third-order valence-corrected chi connectivity index (χ3v) is 2.52. The molecule has 0 saturated carbocycles. The first-order chi connectivity index (χ1) is 8.19. The number of unbranched alkanes of at least 4 members (excludes halogenated alkanes) is 2. The van der Waals surface area contributed by atoms with Crippen LogP contribution in [0.15, 0.2) is 12.3 Å². The van der Waals surface area contributed by atoms with Gasteiger partial charge in [0.15, 0.2) is 0 Å². The molecule has 0 aromatic carbocycles. The molecule has 1 amide bonds. The van der Waals surface area contributed by atoms with Gasteiger partial charge in [-0.1, -0.05) is 0 Å². The molecule has 3 N–H and O–H groups in total. The Balaban J connectivity index is 2.44. The van der Waals surface area contributed by atoms with Gasteiger partial charge in [-0.2, -0.15) is 0 Å². The number of hydrogen-bond acceptors (Lipinski definition) is 2. The van der Waals surface area contributed by atoms with Crippen molar-refractivity contribution < 1.29 is 4.79 Å². The maximum absolute atomic E-state index is 11.8. The van der Waals surface area contributed by atoms with Gasteiger partial charge in [-0.25, -0.2) is 0 Å². The zero-order chi connectivity index (χ0) is 12.7. The lowest BCUT2D eigenvalue weighted by molar-refractivity contribution is 0.0944. The molecule has 17 heavy (non-hydrogen) atoms. The van der Waals surface area contributed by atoms with Crippen LogP contribution in [-0.2, 0) is 6.54 Å². The fourth-order valence-electron chi connectivity index (χ4n) is 1.63. The lowest BCUT2D eigenvalue weighted by Crippen LogP contribution is -2.26. The average molecular weight is 233 g/mol. The molecule has 0 aliphatic rings. The average Bonchev–Trinajstić information content (AvgIpc) is 2.70. The zero-order valence-electron chi connectivity index (χ0n) is 10.2. The van der Waals surface area contributed by atoms with Crippen LogP contribution in [0.2, 0.25) is 0 Å². The number of rotatable bonds is 6. The van der Waals surface area contributed by atoms with Crippen LogP contribution in [0.3, 0.4) is 0 Å². The van der Waals surface area contributed by atoms with Gasteiger partial charge in [0.2, 0.25) is 0 Å². The molecule has 1 heterocycles. The molecule has 1 rings (SSSR count). The van der Waals surface area contributed by atoms with Gasteiger partial charge in [-0.3, -0.25) is 4.79 Å². The molecule has 1 aromatic heterocycles. The number of aryl methyl sites for hydroxylation is 1. The third kappa shape index (κ3) is 3.87. The van der Waals surface area contributed by atoms with E-state index in [-0.39, 0.29) is 5.91 Å². The van der Waals surface area contributed by atoms with Crippen LogP contribution in [0, 0.1) is 12.3 Å². The largest absolute Gasteiger partial charge is 0.397 e. The van der Waals surface area contributed by atoms with Crippen molar-refractivity contribution in [2.24, 2.45) is 0 Å². The van der Waals surface area contributed by atoms with Crippen molar-refractivity contribution in [1.29, 1.82) is 0 Å². The molecule has 0 atom stereocenters. The predicted molar refractivity (Wildman–Crippen MR) is 69.5 cm³/mol. The van der Waals surface area contributed by atoms with Gasteiger partial charge >= 0.3 is 0 Å². The second kappa shape index (κ2) is 6.64. The summed E-state index contributed by atoms with van der Waals surface area (Å²) in [5.74, 6) is 2.50. The fraction of sp³-hybridized carbons (Fsp3) is 0.462. The van der Waals surface area contributed by atoms with E-state index in [4.69, 9.17) is 12.2 Å². The molecule has 0 fully saturated rings. The minimum absolute atomic E-state index is 0.0794. The molecule has 0 bridgehead atoms. The summed E-state index contributed by atoms with van der Waals surface area (Å²) in [4.78, 5) is 11.8. The number of nitrogen functional groups attached to an aromatic ring is 1. The van der Waals surface area contributed by atoms with Crippen LogP contribution < -0.4 is 11.1 Å². The van der Waals surface area contributed by atoms with Crippen molar-refractivity contribution in [2.45, 2.75) is 32.7 Å². The lowest BCUT2D eigenvalue weighted by Gasteiger charge is -2.06. The normalized spacial score (nSPS) is 9.88. The van der Waals surface area contributed by atoms with Crippen molar-refractivity contribution >= 4 is 11.6 Å². The Labute approximate surface area is 102 Å². The van der Waals surface area contributed by atoms with Crippen LogP contribution in [0.25, 0.3) is 0 Å². The number of aromatic nitrogens is 1. The molecule has 0 radical (unpaired) electrons. The minimum atomic E-state index is -0.0794. The van der Waals surface area contributed by atoms with E-state index in [1.165, 1.54) is 0 Å². The first kappa shape index (κ1) is 13.2. The molecular formula is C13H19N3O. The van der Waals surface area contributed by atoms with Crippen LogP contribution in [0.1, 0.15) is 36.7 Å². The number of nitrogens with one attached hydrogen (secondary N) is 1. The van der Waals surface area contributed by atoms with E-state index in [1.807, 2.05) is 11.5 Å². The zero-order valence-corrected chi connectivity index (χ0v) is 10.2. The number of carbonyl (C=O) groups excluding carboxylic acids is 1. The molecule has 0 unspecified atom stereocenters. The Morgan fingerprint density at radius 3 is 3.00 bits per heavy atom. The van der Waals surface area contributed by atoms with Crippen molar-refractivity contribution in [3.8, 4) is 12.3 Å². The third-order valence-electron chi connectivity index (χ3n) is 2.52. The molecule has 0 saturated heterocycles. The smallest absolute Gasteiger partial charge is 0.267 e. The van der Waals surface area contributed by atoms with E-state index >= 15 is 0 Å². The highest BCUT2D eigenvalue weighted by molar-refractivity contribution is 5.93. The number of terminal acetylenes is 1. The van der Waals surface area contributed by atoms with Gasteiger partial charge in [-0.05, 0) is 25.8 Å². The van der Waals surface area contributed by atoms with Gasteiger partial charge in [0.25, 0.3) is 5.91 Å². The van der Waals surface area contributed by atoms with Crippen molar-refractivity contribution in [3.63, 3.8) is 0 Å². The predicted octanol–water partition coefficient (Wildman–Crippen LogP) is 1.62. The van der Waals surface area contributed by atoms with Gasteiger partial charge in [0, 0.05) is 25.7 Å². The fourth-order valence-corrected chi connectivity index (χ4v) is 1.63. The summed E-state index contributed by atoms with van der Waals surface area (Å²) >= 11 is 0. The maximum Gasteiger partial charge on any atom is 0.267 e. The molecule has 0 spiro atoms. The summed E-state index contributed by atoms with van der Waals surface area (Å²) in [7, 11) is 0. The van der Waals surface area contributed by atoms with Crippen LogP contribution in [0.4, 0.5) is 5.69 Å². The number of nitrogens with zero attached hydrogens (tertiary/aromatic N) is 1. The molecule has 1 aromatic rings. The van der Waals surface area contributed by atoms with Crippen LogP contribution in [0.5, 0.6) is 0 Å². The second-order valence-corrected chi connectivity index (χ2v) is 3.86. The van der Waals surface area contributed by atoms with Crippen LogP contribution >= 0.6 is 0 Å². The van der Waals surface area contributed by atoms with Crippen molar-refractivity contribution in [3.05, 3.63) is 18.0 Å². The van der Waals surface area contributed by atoms with E-state index in [0.717, 1.165) is 25.8 Å². The SMILES string of the molecule is C#CCCCCNC(=O)c1cc(N)cn1CC. The highest BCUT2D eigenvalue weighted by atomic mass is 16.1. The van der Waals surface area contributed by atoms with E-state index < -0.39 is 0 Å². The Morgan fingerprint density at radius 1 is 1.59 bits per heavy atom. The second-order valence-electron chi connectivity index (χ2n) is 3.86. The number of amides is 1. The number of hydrogen-bond donors (Lipinski definition) is 2. The first-order valence-corrected chi connectivity index (χ1v) is 5.86. The molecule has 0 aliphatic heterocycles. The highest BCUT2D eigenvalue weighted by Gasteiger charge is 2.10. The molecule has 0 aliphatic carbocycles. The summed E-state index contributed by atoms with van der Waals surface area (Å²) < 4.78 is 1.84. The standard InChI is InChI=1S/C13H19N3O/c1-3-5-6-7-8-15-13(17)12-9-11(14)10-16(12)4-2/h1,9-10H,4-8,14H2,2H3,(H,15,17). The number of carbonyl (C=O) groups is 1. The lowest BCUT2D eigenvalue weighted by atomic mass is 10.2. The van der Waals surface area contributed by atoms with Gasteiger partial charge in [0.1, 0.15) is 5.69 Å². The Kier molecular flexibility index (Phi) is 5.15. The summed E-state index contributed by atoms with van der Waals surface area (Å²) in [5, 5.41) is 2.86. The van der Waals surface area contributed by atoms with E-state index in [1.54, 1.807) is 12.3 Å². The highest BCUT2D eigenvalue weighted by Crippen LogP contribution is 2.10.